The van der Waals surface area contributed by atoms with Crippen LogP contribution in [0.25, 0.3) is 16.9 Å². The molecule has 1 amide bonds. The number of rotatable bonds is 7. The highest BCUT2D eigenvalue weighted by atomic mass is 35.5. The van der Waals surface area contributed by atoms with Gasteiger partial charge in [-0.2, -0.15) is 10.4 Å². The molecule has 8 nitrogen and oxygen atoms in total. The minimum atomic E-state index is -1.63. The van der Waals surface area contributed by atoms with E-state index in [4.69, 9.17) is 16.3 Å². The van der Waals surface area contributed by atoms with Crippen molar-refractivity contribution in [3.05, 3.63) is 94.6 Å². The van der Waals surface area contributed by atoms with Crippen LogP contribution in [-0.2, 0) is 15.3 Å². The van der Waals surface area contributed by atoms with Gasteiger partial charge >= 0.3 is 5.97 Å². The number of para-hydroxylation sites is 1. The lowest BCUT2D eigenvalue weighted by molar-refractivity contribution is -0.117. The van der Waals surface area contributed by atoms with E-state index in [1.54, 1.807) is 41.9 Å². The lowest BCUT2D eigenvalue weighted by Gasteiger charge is -2.20. The summed E-state index contributed by atoms with van der Waals surface area (Å²) in [7, 11) is 0. The van der Waals surface area contributed by atoms with Crippen molar-refractivity contribution >= 4 is 46.7 Å². The summed E-state index contributed by atoms with van der Waals surface area (Å²) in [5, 5.41) is 17.5. The second-order valence-electron chi connectivity index (χ2n) is 8.54. The Bertz CT molecular complexity index is 1640. The molecule has 1 aromatic heterocycles. The van der Waals surface area contributed by atoms with Crippen LogP contribution in [0.4, 0.5) is 5.69 Å². The van der Waals surface area contributed by atoms with Gasteiger partial charge in [0.1, 0.15) is 5.69 Å². The largest absolute Gasteiger partial charge is 0.462 e. The van der Waals surface area contributed by atoms with Crippen LogP contribution < -0.4 is 5.32 Å². The van der Waals surface area contributed by atoms with E-state index in [0.717, 1.165) is 4.90 Å². The predicted octanol–water partition coefficient (Wildman–Crippen LogP) is 5.94. The molecule has 10 heteroatoms. The zero-order chi connectivity index (χ0) is 27.5. The first-order chi connectivity index (χ1) is 18.9. The summed E-state index contributed by atoms with van der Waals surface area (Å²) in [5.41, 5.74) is 3.42. The van der Waals surface area contributed by atoms with Gasteiger partial charge in [0.25, 0.3) is 0 Å². The minimum Gasteiger partial charge on any atom is -0.462 e. The Labute approximate surface area is 233 Å². The van der Waals surface area contributed by atoms with Gasteiger partial charge in [-0.1, -0.05) is 48.0 Å². The molecule has 1 N–H and O–H groups in total. The van der Waals surface area contributed by atoms with E-state index < -0.39 is 23.6 Å². The van der Waals surface area contributed by atoms with Crippen LogP contribution in [0, 0.1) is 17.2 Å². The van der Waals surface area contributed by atoms with Crippen LogP contribution >= 0.6 is 23.4 Å². The zero-order valence-corrected chi connectivity index (χ0v) is 22.3. The molecule has 5 rings (SSSR count). The fourth-order valence-corrected chi connectivity index (χ4v) is 5.74. The van der Waals surface area contributed by atoms with Crippen LogP contribution in [0.3, 0.4) is 0 Å². The maximum atomic E-state index is 13.7. The molecular weight excluding hydrogens is 536 g/mol. The Morgan fingerprint density at radius 3 is 2.62 bits per heavy atom. The number of aromatic nitrogens is 2. The Kier molecular flexibility index (Phi) is 7.50. The molecule has 2 heterocycles. The number of anilines is 1. The topological polar surface area (TPSA) is 114 Å². The number of halogens is 1. The number of nitriles is 1. The fraction of sp³-hybridized carbons (Fsp3) is 0.138. The monoisotopic (exact) mass is 556 g/mol. The number of ether oxygens (including phenoxy) is 1. The summed E-state index contributed by atoms with van der Waals surface area (Å²) >= 11 is 7.38. The van der Waals surface area contributed by atoms with Gasteiger partial charge in [-0.05, 0) is 43.3 Å². The minimum absolute atomic E-state index is 0.0290. The molecule has 194 valence electrons. The molecule has 1 atom stereocenters. The van der Waals surface area contributed by atoms with Crippen molar-refractivity contribution in [2.24, 2.45) is 5.92 Å². The van der Waals surface area contributed by atoms with Crippen molar-refractivity contribution in [1.82, 2.24) is 9.78 Å². The lowest BCUT2D eigenvalue weighted by atomic mass is 9.96. The number of nitrogens with one attached hydrogen (secondary N) is 1. The number of thioether (sulfide) groups is 1. The van der Waals surface area contributed by atoms with E-state index in [2.05, 4.69) is 10.4 Å². The predicted molar refractivity (Wildman–Crippen MR) is 148 cm³/mol. The molecule has 0 fully saturated rings. The first-order valence-electron chi connectivity index (χ1n) is 12.0. The second kappa shape index (κ2) is 11.2. The maximum Gasteiger partial charge on any atom is 0.339 e. The van der Waals surface area contributed by atoms with Gasteiger partial charge in [-0.3, -0.25) is 9.59 Å². The van der Waals surface area contributed by atoms with Crippen molar-refractivity contribution in [3.63, 3.8) is 0 Å². The number of hydrogen-bond acceptors (Lipinski definition) is 7. The van der Waals surface area contributed by atoms with E-state index in [1.807, 2.05) is 42.5 Å². The van der Waals surface area contributed by atoms with Crippen LogP contribution in [0.15, 0.2) is 77.7 Å². The van der Waals surface area contributed by atoms with Gasteiger partial charge in [0.15, 0.2) is 5.92 Å². The van der Waals surface area contributed by atoms with Crippen LogP contribution in [-0.4, -0.2) is 34.0 Å². The normalized spacial score (nSPS) is 12.4. The van der Waals surface area contributed by atoms with Crippen molar-refractivity contribution in [2.75, 3.05) is 11.9 Å². The summed E-state index contributed by atoms with van der Waals surface area (Å²) < 4.78 is 6.88. The van der Waals surface area contributed by atoms with Crippen molar-refractivity contribution in [2.45, 2.75) is 17.6 Å². The van der Waals surface area contributed by atoms with E-state index >= 15 is 0 Å². The first-order valence-corrected chi connectivity index (χ1v) is 13.4. The average molecular weight is 557 g/mol. The molecule has 0 bridgehead atoms. The van der Waals surface area contributed by atoms with E-state index in [0.29, 0.717) is 44.5 Å². The molecule has 1 aliphatic rings. The summed E-state index contributed by atoms with van der Waals surface area (Å²) in [6, 6.07) is 22.8. The standard InChI is InChI=1S/C29H21ClN4O4S/c1-2-38-29(37)21-13-7-12-20-25-23(16-39-27(20)21)24(33-34(25)19-10-4-3-5-11-19)26(35)22(15-31)28(36)32-18-9-6-8-17(30)14-18/h3-14,22H,2,16H2,1H3,(H,32,36). The van der Waals surface area contributed by atoms with Crippen LogP contribution in [0.1, 0.15) is 33.3 Å². The van der Waals surface area contributed by atoms with E-state index in [1.165, 1.54) is 17.8 Å². The maximum absolute atomic E-state index is 13.7. The van der Waals surface area contributed by atoms with E-state index in [-0.39, 0.29) is 12.3 Å². The first kappa shape index (κ1) is 26.2. The number of hydrogen-bond donors (Lipinski definition) is 1. The zero-order valence-electron chi connectivity index (χ0n) is 20.7. The van der Waals surface area contributed by atoms with Gasteiger partial charge in [-0.15, -0.1) is 11.8 Å². The molecule has 0 radical (unpaired) electrons. The lowest BCUT2D eigenvalue weighted by Crippen LogP contribution is -2.29. The smallest absolute Gasteiger partial charge is 0.339 e. The third-order valence-corrected chi connectivity index (χ3v) is 7.49. The SMILES string of the molecule is CCOC(=O)c1cccc2c1SCc1c(C(=O)C(C#N)C(=O)Nc3cccc(Cl)c3)nn(-c3ccccc3)c1-2. The van der Waals surface area contributed by atoms with Gasteiger partial charge in [0.2, 0.25) is 11.7 Å². The highest BCUT2D eigenvalue weighted by molar-refractivity contribution is 7.98. The number of amides is 1. The third kappa shape index (κ3) is 5.04. The number of carbonyl (C=O) groups is 3. The molecule has 4 aromatic rings. The number of nitrogens with zero attached hydrogens (tertiary/aromatic N) is 3. The number of esters is 1. The summed E-state index contributed by atoms with van der Waals surface area (Å²) in [6.45, 7) is 1.99. The van der Waals surface area contributed by atoms with Crippen LogP contribution in [0.5, 0.6) is 0 Å². The number of fused-ring (bicyclic) bond motifs is 3. The fourth-order valence-electron chi connectivity index (χ4n) is 4.36. The number of benzene rings is 3. The van der Waals surface area contributed by atoms with Crippen molar-refractivity contribution in [3.8, 4) is 23.0 Å². The summed E-state index contributed by atoms with van der Waals surface area (Å²) in [4.78, 5) is 40.1. The van der Waals surface area contributed by atoms with Crippen molar-refractivity contribution in [1.29, 1.82) is 5.26 Å². The van der Waals surface area contributed by atoms with Gasteiger partial charge in [0, 0.05) is 32.5 Å². The Hall–Kier alpha value is -4.39. The molecular formula is C29H21ClN4O4S. The van der Waals surface area contributed by atoms with Crippen molar-refractivity contribution < 1.29 is 19.1 Å². The molecule has 1 aliphatic heterocycles. The molecule has 0 saturated carbocycles. The van der Waals surface area contributed by atoms with Gasteiger partial charge in [-0.25, -0.2) is 9.48 Å². The average Bonchev–Trinajstić information content (AvgIpc) is 3.34. The third-order valence-electron chi connectivity index (χ3n) is 6.09. The van der Waals surface area contributed by atoms with Gasteiger partial charge < -0.3 is 10.1 Å². The quantitative estimate of drug-likeness (QED) is 0.170. The molecule has 0 saturated heterocycles. The molecule has 0 aliphatic carbocycles. The van der Waals surface area contributed by atoms with Gasteiger partial charge in [0.05, 0.1) is 29.6 Å². The second-order valence-corrected chi connectivity index (χ2v) is 9.96. The number of Topliss-reactive ketones (excluding diaryl/α,β-unsaturated/α-hetero) is 1. The Morgan fingerprint density at radius 2 is 1.90 bits per heavy atom. The van der Waals surface area contributed by atoms with E-state index in [9.17, 15) is 19.6 Å². The molecule has 0 spiro atoms. The molecule has 3 aromatic carbocycles. The Morgan fingerprint density at radius 1 is 1.13 bits per heavy atom. The Balaban J connectivity index is 1.61. The highest BCUT2D eigenvalue weighted by Crippen LogP contribution is 2.45. The number of ketones is 1. The molecule has 1 unspecified atom stereocenters. The highest BCUT2D eigenvalue weighted by Gasteiger charge is 2.36. The van der Waals surface area contributed by atoms with Crippen LogP contribution in [0.2, 0.25) is 5.02 Å². The number of carbonyl (C=O) groups excluding carboxylic acids is 3. The summed E-state index contributed by atoms with van der Waals surface area (Å²) in [5.74, 6) is -3.25. The summed E-state index contributed by atoms with van der Waals surface area (Å²) in [6.07, 6.45) is 0. The molecule has 39 heavy (non-hydrogen) atoms.